The van der Waals surface area contributed by atoms with E-state index in [1.165, 1.54) is 0 Å². The van der Waals surface area contributed by atoms with Gasteiger partial charge in [-0.25, -0.2) is 0 Å². The Balaban J connectivity index is 0. The Labute approximate surface area is 68.5 Å². The molecule has 0 radical (unpaired) electrons. The largest absolute Gasteiger partial charge is 0.483 e. The van der Waals surface area contributed by atoms with Gasteiger partial charge in [-0.3, -0.25) is 9.59 Å². The zero-order valence-corrected chi connectivity index (χ0v) is 6.07. The highest BCUT2D eigenvalue weighted by Gasteiger charge is 1.59. The molecule has 0 saturated heterocycles. The van der Waals surface area contributed by atoms with E-state index in [1.54, 1.807) is 12.4 Å². The van der Waals surface area contributed by atoms with Crippen LogP contribution in [0, 0.1) is 0 Å². The lowest BCUT2D eigenvalue weighted by molar-refractivity contribution is -0.123. The van der Waals surface area contributed by atoms with Gasteiger partial charge in [0.1, 0.15) is 0 Å². The van der Waals surface area contributed by atoms with Crippen LogP contribution in [0.5, 0.6) is 0 Å². The fourth-order valence-electron chi connectivity index (χ4n) is 0.253. The third-order valence-electron chi connectivity index (χ3n) is 0.483. The van der Waals surface area contributed by atoms with Crippen molar-refractivity contribution in [2.45, 2.75) is 0 Å². The number of hydrogen-bond acceptors (Lipinski definition) is 4. The molecule has 0 aliphatic carbocycles. The summed E-state index contributed by atoms with van der Waals surface area (Å²) in [6, 6.07) is 3.65. The summed E-state index contributed by atoms with van der Waals surface area (Å²) in [5.41, 5.74) is 0. The molecule has 66 valence electrons. The van der Waals surface area contributed by atoms with Gasteiger partial charge in [-0.05, 0) is 12.1 Å². The number of aromatic nitrogens is 2. The molecule has 0 amide bonds. The van der Waals surface area contributed by atoms with Gasteiger partial charge in [0.15, 0.2) is 0 Å². The number of nitrogens with zero attached hydrogens (tertiary/aromatic N) is 2. The summed E-state index contributed by atoms with van der Waals surface area (Å²) in [4.78, 5) is 16.7. The Morgan fingerprint density at radius 3 is 1.25 bits per heavy atom. The molecule has 0 aliphatic heterocycles. The van der Waals surface area contributed by atoms with Gasteiger partial charge in [0.2, 0.25) is 0 Å². The molecule has 2 N–H and O–H groups in total. The maximum Gasteiger partial charge on any atom is 0.290 e. The Morgan fingerprint density at radius 1 is 0.917 bits per heavy atom. The molecular weight excluding hydrogens is 164 g/mol. The molecule has 1 rings (SSSR count). The smallest absolute Gasteiger partial charge is 0.290 e. The van der Waals surface area contributed by atoms with E-state index in [4.69, 9.17) is 19.8 Å². The summed E-state index contributed by atoms with van der Waals surface area (Å²) in [6.07, 6.45) is 3.28. The summed E-state index contributed by atoms with van der Waals surface area (Å²) >= 11 is 0. The van der Waals surface area contributed by atoms with Crippen LogP contribution in [0.1, 0.15) is 0 Å². The van der Waals surface area contributed by atoms with Gasteiger partial charge < -0.3 is 10.2 Å². The van der Waals surface area contributed by atoms with Crippen LogP contribution in [-0.2, 0) is 9.59 Å². The minimum absolute atomic E-state index is 0.250. The second-order valence-corrected chi connectivity index (χ2v) is 1.12. The van der Waals surface area contributed by atoms with Crippen molar-refractivity contribution in [1.29, 1.82) is 0 Å². The van der Waals surface area contributed by atoms with Gasteiger partial charge in [0.05, 0.1) is 0 Å². The van der Waals surface area contributed by atoms with Crippen LogP contribution < -0.4 is 0 Å². The van der Waals surface area contributed by atoms with Crippen molar-refractivity contribution >= 4 is 12.9 Å². The molecule has 1 aromatic rings. The van der Waals surface area contributed by atoms with Crippen molar-refractivity contribution in [1.82, 2.24) is 10.2 Å². The normalized spacial score (nSPS) is 6.00. The highest BCUT2D eigenvalue weighted by molar-refractivity contribution is 5.32. The van der Waals surface area contributed by atoms with Crippen molar-refractivity contribution in [3.05, 3.63) is 24.5 Å². The van der Waals surface area contributed by atoms with E-state index in [1.807, 2.05) is 12.1 Å². The zero-order valence-electron chi connectivity index (χ0n) is 6.07. The molecule has 0 aromatic carbocycles. The lowest BCUT2D eigenvalue weighted by atomic mass is 10.6. The van der Waals surface area contributed by atoms with Gasteiger partial charge in [-0.1, -0.05) is 0 Å². The van der Waals surface area contributed by atoms with Crippen LogP contribution in [0.15, 0.2) is 24.5 Å². The summed E-state index contributed by atoms with van der Waals surface area (Å²) in [7, 11) is 0. The molecule has 0 bridgehead atoms. The van der Waals surface area contributed by atoms with Crippen LogP contribution in [-0.4, -0.2) is 33.4 Å². The van der Waals surface area contributed by atoms with E-state index in [0.717, 1.165) is 0 Å². The highest BCUT2D eigenvalue weighted by atomic mass is 16.3. The van der Waals surface area contributed by atoms with Gasteiger partial charge in [-0.15, -0.1) is 0 Å². The first-order valence-electron chi connectivity index (χ1n) is 2.70. The molecule has 0 atom stereocenters. The second kappa shape index (κ2) is 16.0. The number of hydrogen-bond donors (Lipinski definition) is 2. The average Bonchev–Trinajstić information content (AvgIpc) is 2.10. The molecule has 6 nitrogen and oxygen atoms in total. The summed E-state index contributed by atoms with van der Waals surface area (Å²) in [5, 5.41) is 20.8. The van der Waals surface area contributed by atoms with Gasteiger partial charge >= 0.3 is 0 Å². The molecule has 6 heteroatoms. The molecule has 0 saturated carbocycles. The number of rotatable bonds is 0. The Hall–Kier alpha value is -1.98. The molecular formula is C6H8N2O4. The Kier molecular flexibility index (Phi) is 16.9. The fraction of sp³-hybridized carbons (Fsp3) is 0. The van der Waals surface area contributed by atoms with Gasteiger partial charge in [0.25, 0.3) is 12.9 Å². The van der Waals surface area contributed by atoms with Crippen molar-refractivity contribution in [3.63, 3.8) is 0 Å². The van der Waals surface area contributed by atoms with E-state index in [9.17, 15) is 0 Å². The van der Waals surface area contributed by atoms with Crippen LogP contribution in [0.25, 0.3) is 0 Å². The molecule has 12 heavy (non-hydrogen) atoms. The minimum atomic E-state index is -0.250. The minimum Gasteiger partial charge on any atom is -0.483 e. The van der Waals surface area contributed by atoms with E-state index >= 15 is 0 Å². The van der Waals surface area contributed by atoms with Crippen molar-refractivity contribution in [2.75, 3.05) is 0 Å². The molecule has 0 unspecified atom stereocenters. The summed E-state index contributed by atoms with van der Waals surface area (Å²) < 4.78 is 0. The molecule has 1 heterocycles. The topological polar surface area (TPSA) is 100 Å². The van der Waals surface area contributed by atoms with E-state index < -0.39 is 0 Å². The maximum atomic E-state index is 8.36. The Morgan fingerprint density at radius 2 is 1.17 bits per heavy atom. The van der Waals surface area contributed by atoms with Crippen LogP contribution in [0.2, 0.25) is 0 Å². The predicted octanol–water partition coefficient (Wildman–Crippen LogP) is -0.122. The first-order chi connectivity index (χ1) is 5.83. The quantitative estimate of drug-likeness (QED) is 0.529. The third-order valence-corrected chi connectivity index (χ3v) is 0.483. The summed E-state index contributed by atoms with van der Waals surface area (Å²) in [5.74, 6) is 0. The standard InChI is InChI=1S/C4H4N2.2CH2O2/c1-2-4-6-5-3-1;2*2-1-3/h1-4H;2*1H,(H,2,3). The van der Waals surface area contributed by atoms with Gasteiger partial charge in [-0.2, -0.15) is 10.2 Å². The van der Waals surface area contributed by atoms with Crippen LogP contribution in [0.3, 0.4) is 0 Å². The van der Waals surface area contributed by atoms with Crippen molar-refractivity contribution in [3.8, 4) is 0 Å². The monoisotopic (exact) mass is 172 g/mol. The van der Waals surface area contributed by atoms with Gasteiger partial charge in [0, 0.05) is 12.4 Å². The van der Waals surface area contributed by atoms with E-state index in [-0.39, 0.29) is 12.9 Å². The van der Waals surface area contributed by atoms with Crippen molar-refractivity contribution in [2.24, 2.45) is 0 Å². The number of carboxylic acid groups (broad SMARTS) is 2. The molecule has 0 spiro atoms. The SMILES string of the molecule is O=CO.O=CO.c1ccnnc1. The predicted molar refractivity (Wildman–Crippen MR) is 39.4 cm³/mol. The maximum absolute atomic E-state index is 8.36. The Bertz CT molecular complexity index is 147. The fourth-order valence-corrected chi connectivity index (χ4v) is 0.253. The van der Waals surface area contributed by atoms with Crippen LogP contribution in [0.4, 0.5) is 0 Å². The van der Waals surface area contributed by atoms with E-state index in [2.05, 4.69) is 10.2 Å². The first kappa shape index (κ1) is 12.7. The second-order valence-electron chi connectivity index (χ2n) is 1.12. The van der Waals surface area contributed by atoms with Crippen molar-refractivity contribution < 1.29 is 19.8 Å². The molecule has 1 aromatic heterocycles. The van der Waals surface area contributed by atoms with E-state index in [0.29, 0.717) is 0 Å². The highest BCUT2D eigenvalue weighted by Crippen LogP contribution is 1.68. The lowest BCUT2D eigenvalue weighted by Crippen LogP contribution is -1.69. The zero-order chi connectivity index (χ0) is 9.66. The summed E-state index contributed by atoms with van der Waals surface area (Å²) in [6.45, 7) is -0.500. The first-order valence-corrected chi connectivity index (χ1v) is 2.70. The number of carbonyl (C=O) groups is 2. The third kappa shape index (κ3) is 24.5. The lowest BCUT2D eigenvalue weighted by Gasteiger charge is -1.69. The molecule has 0 fully saturated rings. The van der Waals surface area contributed by atoms with Crippen LogP contribution >= 0.6 is 0 Å². The average molecular weight is 172 g/mol. The molecule has 0 aliphatic rings.